The number of guanidine groups is 1. The highest BCUT2D eigenvalue weighted by Gasteiger charge is 2.04. The fraction of sp³-hybridized carbons (Fsp3) is 0.263. The minimum absolute atomic E-state index is 0.614. The molecule has 1 aromatic carbocycles. The van der Waals surface area contributed by atoms with Crippen LogP contribution in [0.15, 0.2) is 65.5 Å². The minimum Gasteiger partial charge on any atom is -0.357 e. The van der Waals surface area contributed by atoms with E-state index >= 15 is 0 Å². The molecule has 2 heterocycles. The van der Waals surface area contributed by atoms with Crippen LogP contribution >= 0.6 is 11.3 Å². The van der Waals surface area contributed by atoms with E-state index in [1.165, 1.54) is 4.88 Å². The number of nitrogens with one attached hydrogen (secondary N) is 2. The van der Waals surface area contributed by atoms with Crippen LogP contribution in [0.4, 0.5) is 0 Å². The van der Waals surface area contributed by atoms with E-state index in [1.807, 2.05) is 29.2 Å². The molecule has 0 atom stereocenters. The van der Waals surface area contributed by atoms with Crippen LogP contribution < -0.4 is 10.6 Å². The number of aromatic nitrogens is 2. The molecule has 2 N–H and O–H groups in total. The van der Waals surface area contributed by atoms with E-state index < -0.39 is 0 Å². The number of thiophene rings is 1. The second-order valence-corrected chi connectivity index (χ2v) is 6.58. The third-order valence-electron chi connectivity index (χ3n) is 3.77. The van der Waals surface area contributed by atoms with Crippen LogP contribution in [0.3, 0.4) is 0 Å². The Balaban J connectivity index is 1.65. The number of hydrogen-bond acceptors (Lipinski definition) is 3. The van der Waals surface area contributed by atoms with Gasteiger partial charge in [-0.3, -0.25) is 0 Å². The lowest BCUT2D eigenvalue weighted by Crippen LogP contribution is -2.38. The minimum atomic E-state index is 0.614. The summed E-state index contributed by atoms with van der Waals surface area (Å²) in [4.78, 5) is 10.3. The number of nitrogens with zero attached hydrogens (tertiary/aromatic N) is 3. The van der Waals surface area contributed by atoms with Crippen LogP contribution in [0.2, 0.25) is 0 Å². The Bertz CT molecular complexity index is 778. The van der Waals surface area contributed by atoms with Crippen LogP contribution in [-0.2, 0) is 13.0 Å². The van der Waals surface area contributed by atoms with Crippen molar-refractivity contribution in [3.63, 3.8) is 0 Å². The smallest absolute Gasteiger partial charge is 0.191 e. The summed E-state index contributed by atoms with van der Waals surface area (Å²) in [6.07, 6.45) is 6.56. The molecule has 0 unspecified atom stereocenters. The van der Waals surface area contributed by atoms with E-state index in [1.54, 1.807) is 17.5 Å². The van der Waals surface area contributed by atoms with Gasteiger partial charge in [0.25, 0.3) is 0 Å². The SMILES string of the molecule is CCNC(=NCc1ccccc1-n1ccnc1)NCCc1cccs1. The van der Waals surface area contributed by atoms with Crippen LogP contribution in [0.5, 0.6) is 0 Å². The second kappa shape index (κ2) is 9.03. The molecule has 0 spiro atoms. The molecule has 0 aliphatic heterocycles. The van der Waals surface area contributed by atoms with E-state index in [0.717, 1.165) is 36.7 Å². The first-order chi connectivity index (χ1) is 12.4. The fourth-order valence-corrected chi connectivity index (χ4v) is 3.27. The van der Waals surface area contributed by atoms with Crippen molar-refractivity contribution < 1.29 is 0 Å². The quantitative estimate of drug-likeness (QED) is 0.506. The van der Waals surface area contributed by atoms with Gasteiger partial charge in [-0.1, -0.05) is 24.3 Å². The molecular weight excluding hydrogens is 330 g/mol. The van der Waals surface area contributed by atoms with Crippen LogP contribution in [0.1, 0.15) is 17.4 Å². The predicted octanol–water partition coefficient (Wildman–Crippen LogP) is 3.23. The van der Waals surface area contributed by atoms with Gasteiger partial charge in [0.2, 0.25) is 0 Å². The van der Waals surface area contributed by atoms with Crippen molar-refractivity contribution in [2.24, 2.45) is 4.99 Å². The van der Waals surface area contributed by atoms with Gasteiger partial charge in [-0.25, -0.2) is 9.98 Å². The first-order valence-corrected chi connectivity index (χ1v) is 9.35. The maximum atomic E-state index is 4.74. The van der Waals surface area contributed by atoms with Gasteiger partial charge in [0, 0.05) is 30.4 Å². The Morgan fingerprint density at radius 1 is 1.20 bits per heavy atom. The standard InChI is InChI=1S/C19H23N5S/c1-2-21-19(22-10-9-17-7-5-13-25-17)23-14-16-6-3-4-8-18(16)24-12-11-20-15-24/h3-8,11-13,15H,2,9-10,14H2,1H3,(H2,21,22,23). The summed E-state index contributed by atoms with van der Waals surface area (Å²) in [5, 5.41) is 8.83. The second-order valence-electron chi connectivity index (χ2n) is 5.55. The molecular formula is C19H23N5S. The molecule has 3 rings (SSSR count). The number of aliphatic imine (C=N–C) groups is 1. The lowest BCUT2D eigenvalue weighted by Gasteiger charge is -2.12. The summed E-state index contributed by atoms with van der Waals surface area (Å²) in [7, 11) is 0. The molecule has 25 heavy (non-hydrogen) atoms. The van der Waals surface area contributed by atoms with Gasteiger partial charge < -0.3 is 15.2 Å². The predicted molar refractivity (Wildman–Crippen MR) is 104 cm³/mol. The van der Waals surface area contributed by atoms with E-state index in [-0.39, 0.29) is 0 Å². The zero-order chi connectivity index (χ0) is 17.3. The molecule has 3 aromatic rings. The lowest BCUT2D eigenvalue weighted by atomic mass is 10.2. The van der Waals surface area contributed by atoms with Gasteiger partial charge in [0.15, 0.2) is 5.96 Å². The van der Waals surface area contributed by atoms with Gasteiger partial charge in [-0.15, -0.1) is 11.3 Å². The van der Waals surface area contributed by atoms with Crippen molar-refractivity contribution in [2.75, 3.05) is 13.1 Å². The van der Waals surface area contributed by atoms with E-state index in [9.17, 15) is 0 Å². The molecule has 6 heteroatoms. The van der Waals surface area contributed by atoms with E-state index in [2.05, 4.69) is 52.2 Å². The largest absolute Gasteiger partial charge is 0.357 e. The van der Waals surface area contributed by atoms with E-state index in [4.69, 9.17) is 4.99 Å². The maximum Gasteiger partial charge on any atom is 0.191 e. The fourth-order valence-electron chi connectivity index (χ4n) is 2.56. The lowest BCUT2D eigenvalue weighted by molar-refractivity contribution is 0.803. The van der Waals surface area contributed by atoms with Crippen LogP contribution in [-0.4, -0.2) is 28.6 Å². The van der Waals surface area contributed by atoms with Crippen molar-refractivity contribution in [3.05, 3.63) is 70.9 Å². The van der Waals surface area contributed by atoms with Gasteiger partial charge >= 0.3 is 0 Å². The van der Waals surface area contributed by atoms with Gasteiger partial charge in [-0.05, 0) is 36.4 Å². The molecule has 0 amide bonds. The van der Waals surface area contributed by atoms with Crippen LogP contribution in [0, 0.1) is 0 Å². The van der Waals surface area contributed by atoms with Gasteiger partial charge in [0.1, 0.15) is 0 Å². The molecule has 2 aromatic heterocycles. The molecule has 0 fully saturated rings. The molecule has 5 nitrogen and oxygen atoms in total. The van der Waals surface area contributed by atoms with Crippen molar-refractivity contribution >= 4 is 17.3 Å². The van der Waals surface area contributed by atoms with Crippen molar-refractivity contribution in [1.29, 1.82) is 0 Å². The average Bonchev–Trinajstić information content (AvgIpc) is 3.34. The Morgan fingerprint density at radius 2 is 2.12 bits per heavy atom. The number of rotatable bonds is 7. The average molecular weight is 353 g/mol. The molecule has 0 saturated heterocycles. The molecule has 0 bridgehead atoms. The Hall–Kier alpha value is -2.60. The zero-order valence-electron chi connectivity index (χ0n) is 14.4. The normalized spacial score (nSPS) is 11.5. The third-order valence-corrected chi connectivity index (χ3v) is 4.71. The number of hydrogen-bond donors (Lipinski definition) is 2. The zero-order valence-corrected chi connectivity index (χ0v) is 15.2. The Labute approximate surface area is 152 Å². The highest BCUT2D eigenvalue weighted by molar-refractivity contribution is 7.09. The number of para-hydroxylation sites is 1. The van der Waals surface area contributed by atoms with Gasteiger partial charge in [-0.2, -0.15) is 0 Å². The summed E-state index contributed by atoms with van der Waals surface area (Å²) in [5.41, 5.74) is 2.27. The molecule has 0 radical (unpaired) electrons. The Kier molecular flexibility index (Phi) is 6.23. The summed E-state index contributed by atoms with van der Waals surface area (Å²) >= 11 is 1.79. The van der Waals surface area contributed by atoms with Crippen LogP contribution in [0.25, 0.3) is 5.69 Å². The third kappa shape index (κ3) is 4.93. The highest BCUT2D eigenvalue weighted by atomic mass is 32.1. The number of imidazole rings is 1. The summed E-state index contributed by atoms with van der Waals surface area (Å²) < 4.78 is 2.02. The topological polar surface area (TPSA) is 54.2 Å². The van der Waals surface area contributed by atoms with Crippen molar-refractivity contribution in [3.8, 4) is 5.69 Å². The first-order valence-electron chi connectivity index (χ1n) is 8.47. The van der Waals surface area contributed by atoms with Crippen molar-refractivity contribution in [2.45, 2.75) is 19.9 Å². The summed E-state index contributed by atoms with van der Waals surface area (Å²) in [5.74, 6) is 0.847. The summed E-state index contributed by atoms with van der Waals surface area (Å²) in [6.45, 7) is 4.40. The molecule has 0 aliphatic rings. The first kappa shape index (κ1) is 17.2. The number of benzene rings is 1. The van der Waals surface area contributed by atoms with E-state index in [0.29, 0.717) is 6.54 Å². The monoisotopic (exact) mass is 353 g/mol. The summed E-state index contributed by atoms with van der Waals surface area (Å²) in [6, 6.07) is 12.5. The molecule has 0 aliphatic carbocycles. The van der Waals surface area contributed by atoms with Crippen molar-refractivity contribution in [1.82, 2.24) is 20.2 Å². The highest BCUT2D eigenvalue weighted by Crippen LogP contribution is 2.15. The molecule has 0 saturated carbocycles. The Morgan fingerprint density at radius 3 is 2.88 bits per heavy atom. The maximum absolute atomic E-state index is 4.74. The molecule has 130 valence electrons. The van der Waals surface area contributed by atoms with Gasteiger partial charge in [0.05, 0.1) is 18.6 Å².